The lowest BCUT2D eigenvalue weighted by Crippen LogP contribution is -2.33. The van der Waals surface area contributed by atoms with Gasteiger partial charge in [0.05, 0.1) is 5.69 Å². The van der Waals surface area contributed by atoms with E-state index >= 15 is 0 Å². The third-order valence-corrected chi connectivity index (χ3v) is 2.94. The predicted molar refractivity (Wildman–Crippen MR) is 77.7 cm³/mol. The van der Waals surface area contributed by atoms with Gasteiger partial charge in [-0.15, -0.1) is 0 Å². The van der Waals surface area contributed by atoms with Crippen molar-refractivity contribution in [1.29, 1.82) is 0 Å². The largest absolute Gasteiger partial charge is 0.481 e. The minimum atomic E-state index is -0.521. The number of aryl methyl sites for hydroxylation is 2. The third kappa shape index (κ3) is 3.38. The molecule has 1 aromatic carbocycles. The van der Waals surface area contributed by atoms with Gasteiger partial charge in [-0.2, -0.15) is 5.10 Å². The van der Waals surface area contributed by atoms with Crippen LogP contribution in [-0.4, -0.2) is 21.8 Å². The van der Waals surface area contributed by atoms with Crippen LogP contribution in [0.15, 0.2) is 36.4 Å². The van der Waals surface area contributed by atoms with Crippen molar-refractivity contribution in [2.24, 2.45) is 7.05 Å². The van der Waals surface area contributed by atoms with Crippen LogP contribution in [-0.2, 0) is 11.8 Å². The van der Waals surface area contributed by atoms with Crippen molar-refractivity contribution in [2.75, 3.05) is 5.32 Å². The molecule has 0 unspecified atom stereocenters. The Morgan fingerprint density at radius 1 is 1.40 bits per heavy atom. The highest BCUT2D eigenvalue weighted by Crippen LogP contribution is 2.14. The van der Waals surface area contributed by atoms with E-state index in [0.29, 0.717) is 18.0 Å². The number of hydrogen-bond donors (Lipinski definition) is 1. The van der Waals surface area contributed by atoms with Crippen LogP contribution >= 0.6 is 0 Å². The lowest BCUT2D eigenvalue weighted by Gasteiger charge is -2.17. The van der Waals surface area contributed by atoms with Gasteiger partial charge in [0.1, 0.15) is 11.6 Å². The first-order valence-corrected chi connectivity index (χ1v) is 6.63. The molecule has 0 fully saturated rings. The van der Waals surface area contributed by atoms with Crippen LogP contribution < -0.4 is 10.1 Å². The zero-order valence-corrected chi connectivity index (χ0v) is 12.0. The Morgan fingerprint density at radius 3 is 2.65 bits per heavy atom. The molecule has 2 rings (SSSR count). The number of aromatic nitrogens is 2. The summed E-state index contributed by atoms with van der Waals surface area (Å²) in [6, 6.07) is 11.2. The number of anilines is 1. The second kappa shape index (κ2) is 6.23. The first-order valence-electron chi connectivity index (χ1n) is 6.63. The van der Waals surface area contributed by atoms with E-state index in [2.05, 4.69) is 10.4 Å². The number of hydrogen-bond acceptors (Lipinski definition) is 3. The standard InChI is InChI=1S/C15H19N3O2/c1-4-13(20-12-8-6-5-7-9-12)15(19)16-14-10-11(2)17-18(14)3/h5-10,13H,4H2,1-3H3,(H,16,19)/t13-/m0/s1. The minimum absolute atomic E-state index is 0.167. The fourth-order valence-electron chi connectivity index (χ4n) is 1.92. The van der Waals surface area contributed by atoms with Crippen LogP contribution in [0.3, 0.4) is 0 Å². The second-order valence-corrected chi connectivity index (χ2v) is 4.61. The summed E-state index contributed by atoms with van der Waals surface area (Å²) in [6.45, 7) is 3.80. The van der Waals surface area contributed by atoms with Crippen LogP contribution in [0.25, 0.3) is 0 Å². The van der Waals surface area contributed by atoms with Crippen molar-refractivity contribution in [3.63, 3.8) is 0 Å². The normalized spacial score (nSPS) is 11.9. The number of rotatable bonds is 5. The Kier molecular flexibility index (Phi) is 4.40. The van der Waals surface area contributed by atoms with E-state index in [9.17, 15) is 4.79 Å². The molecule has 20 heavy (non-hydrogen) atoms. The van der Waals surface area contributed by atoms with E-state index in [0.717, 1.165) is 5.69 Å². The van der Waals surface area contributed by atoms with Gasteiger partial charge >= 0.3 is 0 Å². The van der Waals surface area contributed by atoms with Gasteiger partial charge in [-0.1, -0.05) is 25.1 Å². The Morgan fingerprint density at radius 2 is 2.10 bits per heavy atom. The summed E-state index contributed by atoms with van der Waals surface area (Å²) in [7, 11) is 1.79. The van der Waals surface area contributed by atoms with Gasteiger partial charge in [0.15, 0.2) is 6.10 Å². The molecule has 5 heteroatoms. The summed E-state index contributed by atoms with van der Waals surface area (Å²) >= 11 is 0. The first kappa shape index (κ1) is 14.1. The minimum Gasteiger partial charge on any atom is -0.481 e. The molecule has 0 aliphatic rings. The van der Waals surface area contributed by atoms with Gasteiger partial charge in [0.25, 0.3) is 5.91 Å². The lowest BCUT2D eigenvalue weighted by atomic mass is 10.2. The maximum Gasteiger partial charge on any atom is 0.266 e. The molecular weight excluding hydrogens is 254 g/mol. The number of nitrogens with one attached hydrogen (secondary N) is 1. The van der Waals surface area contributed by atoms with Crippen molar-refractivity contribution < 1.29 is 9.53 Å². The number of para-hydroxylation sites is 1. The van der Waals surface area contributed by atoms with E-state index < -0.39 is 6.10 Å². The highest BCUT2D eigenvalue weighted by molar-refractivity contribution is 5.93. The summed E-state index contributed by atoms with van der Waals surface area (Å²) in [4.78, 5) is 12.2. The molecule has 2 aromatic rings. The highest BCUT2D eigenvalue weighted by atomic mass is 16.5. The molecule has 0 saturated carbocycles. The molecule has 0 aliphatic heterocycles. The molecule has 5 nitrogen and oxygen atoms in total. The van der Waals surface area contributed by atoms with Crippen molar-refractivity contribution in [1.82, 2.24) is 9.78 Å². The van der Waals surface area contributed by atoms with Crippen LogP contribution in [0.2, 0.25) is 0 Å². The first-order chi connectivity index (χ1) is 9.60. The average Bonchev–Trinajstić information content (AvgIpc) is 2.75. The third-order valence-electron chi connectivity index (χ3n) is 2.94. The van der Waals surface area contributed by atoms with Gasteiger partial charge in [0, 0.05) is 13.1 Å². The Hall–Kier alpha value is -2.30. The van der Waals surface area contributed by atoms with E-state index in [4.69, 9.17) is 4.74 Å². The van der Waals surface area contributed by atoms with E-state index in [1.54, 1.807) is 11.7 Å². The molecule has 106 valence electrons. The second-order valence-electron chi connectivity index (χ2n) is 4.61. The topological polar surface area (TPSA) is 56.1 Å². The van der Waals surface area contributed by atoms with Gasteiger partial charge in [-0.25, -0.2) is 0 Å². The predicted octanol–water partition coefficient (Wildman–Crippen LogP) is 2.52. The molecule has 1 heterocycles. The van der Waals surface area contributed by atoms with Gasteiger partial charge in [-0.3, -0.25) is 9.48 Å². The molecule has 0 radical (unpaired) electrons. The molecule has 1 N–H and O–H groups in total. The maximum atomic E-state index is 12.2. The number of ether oxygens (including phenoxy) is 1. The lowest BCUT2D eigenvalue weighted by molar-refractivity contribution is -0.122. The Balaban J connectivity index is 2.04. The van der Waals surface area contributed by atoms with Crippen molar-refractivity contribution in [3.8, 4) is 5.75 Å². The van der Waals surface area contributed by atoms with E-state index in [1.165, 1.54) is 0 Å². The molecule has 0 bridgehead atoms. The monoisotopic (exact) mass is 273 g/mol. The van der Waals surface area contributed by atoms with E-state index in [-0.39, 0.29) is 5.91 Å². The average molecular weight is 273 g/mol. The number of benzene rings is 1. The van der Waals surface area contributed by atoms with Crippen LogP contribution in [0.5, 0.6) is 5.75 Å². The molecule has 1 atom stereocenters. The molecule has 1 aromatic heterocycles. The summed E-state index contributed by atoms with van der Waals surface area (Å²) in [5.41, 5.74) is 0.861. The summed E-state index contributed by atoms with van der Waals surface area (Å²) in [5, 5.41) is 7.03. The summed E-state index contributed by atoms with van der Waals surface area (Å²) < 4.78 is 7.34. The molecular formula is C15H19N3O2. The van der Waals surface area contributed by atoms with Gasteiger partial charge in [-0.05, 0) is 25.5 Å². The SMILES string of the molecule is CC[C@H](Oc1ccccc1)C(=O)Nc1cc(C)nn1C. The maximum absolute atomic E-state index is 12.2. The number of carbonyl (C=O) groups excluding carboxylic acids is 1. The Labute approximate surface area is 118 Å². The quantitative estimate of drug-likeness (QED) is 0.910. The molecule has 0 spiro atoms. The van der Waals surface area contributed by atoms with Crippen LogP contribution in [0.4, 0.5) is 5.82 Å². The van der Waals surface area contributed by atoms with Crippen molar-refractivity contribution in [3.05, 3.63) is 42.1 Å². The molecule has 1 amide bonds. The summed E-state index contributed by atoms with van der Waals surface area (Å²) in [6.07, 6.45) is 0.0741. The fraction of sp³-hybridized carbons (Fsp3) is 0.333. The van der Waals surface area contributed by atoms with Crippen LogP contribution in [0, 0.1) is 6.92 Å². The summed E-state index contributed by atoms with van der Waals surface area (Å²) in [5.74, 6) is 1.19. The number of nitrogens with zero attached hydrogens (tertiary/aromatic N) is 2. The Bertz CT molecular complexity index is 578. The smallest absolute Gasteiger partial charge is 0.266 e. The van der Waals surface area contributed by atoms with Crippen molar-refractivity contribution in [2.45, 2.75) is 26.4 Å². The van der Waals surface area contributed by atoms with Crippen molar-refractivity contribution >= 4 is 11.7 Å². The fourth-order valence-corrected chi connectivity index (χ4v) is 1.92. The molecule has 0 aliphatic carbocycles. The molecule has 0 saturated heterocycles. The van der Waals surface area contributed by atoms with Crippen LogP contribution in [0.1, 0.15) is 19.0 Å². The zero-order chi connectivity index (χ0) is 14.5. The van der Waals surface area contributed by atoms with Gasteiger partial charge < -0.3 is 10.1 Å². The van der Waals surface area contributed by atoms with Gasteiger partial charge in [0.2, 0.25) is 0 Å². The number of carbonyl (C=O) groups is 1. The highest BCUT2D eigenvalue weighted by Gasteiger charge is 2.19. The van der Waals surface area contributed by atoms with E-state index in [1.807, 2.05) is 50.2 Å². The number of amides is 1. The zero-order valence-electron chi connectivity index (χ0n) is 12.0.